The largest absolute Gasteiger partial charge is 0.308 e. The Morgan fingerprint density at radius 2 is 1.71 bits per heavy atom. The van der Waals surface area contributed by atoms with Gasteiger partial charge in [0.05, 0.1) is 5.92 Å². The number of carbonyl (C=O) groups excluding carboxylic acids is 3. The second-order valence-corrected chi connectivity index (χ2v) is 10.1. The van der Waals surface area contributed by atoms with E-state index in [4.69, 9.17) is 5.84 Å². The summed E-state index contributed by atoms with van der Waals surface area (Å²) in [6.07, 6.45) is 6.14. The summed E-state index contributed by atoms with van der Waals surface area (Å²) in [6.45, 7) is 7.43. The Bertz CT molecular complexity index is 1000. The van der Waals surface area contributed by atoms with Crippen LogP contribution in [0.5, 0.6) is 0 Å². The van der Waals surface area contributed by atoms with Crippen LogP contribution in [0.25, 0.3) is 0 Å². The topological polar surface area (TPSA) is 86.9 Å². The van der Waals surface area contributed by atoms with Crippen molar-refractivity contribution in [3.8, 4) is 0 Å². The summed E-state index contributed by atoms with van der Waals surface area (Å²) in [5.74, 6) is 2.81. The van der Waals surface area contributed by atoms with Crippen LogP contribution in [0, 0.1) is 5.82 Å². The number of carbonyl (C=O) groups is 3. The van der Waals surface area contributed by atoms with Crippen molar-refractivity contribution >= 4 is 23.4 Å². The number of hydrogen-bond acceptors (Lipinski definition) is 5. The molecule has 2 N–H and O–H groups in total. The lowest BCUT2D eigenvalue weighted by atomic mass is 9.86. The van der Waals surface area contributed by atoms with Gasteiger partial charge in [-0.15, -0.1) is 0 Å². The Balaban J connectivity index is 1.45. The van der Waals surface area contributed by atoms with E-state index in [-0.39, 0.29) is 18.4 Å². The Labute approximate surface area is 200 Å². The minimum Gasteiger partial charge on any atom is -0.308 e. The van der Waals surface area contributed by atoms with Gasteiger partial charge >= 0.3 is 0 Å². The van der Waals surface area contributed by atoms with Gasteiger partial charge in [-0.05, 0) is 76.1 Å². The van der Waals surface area contributed by atoms with Crippen LogP contribution in [0.1, 0.15) is 77.2 Å². The van der Waals surface area contributed by atoms with E-state index in [1.807, 2.05) is 0 Å². The van der Waals surface area contributed by atoms with Crippen molar-refractivity contribution in [1.29, 1.82) is 0 Å². The number of nitrogens with two attached hydrogens (primary N) is 1. The Hall–Kier alpha value is -2.58. The summed E-state index contributed by atoms with van der Waals surface area (Å²) in [7, 11) is 0. The summed E-state index contributed by atoms with van der Waals surface area (Å²) < 4.78 is 14.1. The smallest absolute Gasteiger partial charge is 0.244 e. The first kappa shape index (κ1) is 24.5. The van der Waals surface area contributed by atoms with Crippen LogP contribution < -0.4 is 10.7 Å². The van der Waals surface area contributed by atoms with Crippen molar-refractivity contribution in [2.75, 3.05) is 18.0 Å². The van der Waals surface area contributed by atoms with Crippen LogP contribution in [0.2, 0.25) is 0 Å². The quantitative estimate of drug-likeness (QED) is 0.314. The van der Waals surface area contributed by atoms with Crippen LogP contribution in [0.3, 0.4) is 0 Å². The van der Waals surface area contributed by atoms with Crippen molar-refractivity contribution < 1.29 is 18.8 Å². The lowest BCUT2D eigenvalue weighted by molar-refractivity contribution is -0.145. The zero-order chi connectivity index (χ0) is 24.6. The number of anilines is 1. The molecule has 1 atom stereocenters. The van der Waals surface area contributed by atoms with Gasteiger partial charge in [-0.1, -0.05) is 11.1 Å². The number of fused-ring (bicyclic) bond motifs is 1. The number of halogens is 1. The number of nitrogens with zero attached hydrogens (tertiary/aromatic N) is 3. The maximum atomic E-state index is 14.1. The van der Waals surface area contributed by atoms with Gasteiger partial charge in [0.25, 0.3) is 0 Å². The highest BCUT2D eigenvalue weighted by atomic mass is 19.1. The predicted octanol–water partition coefficient (Wildman–Crippen LogP) is 3.64. The molecule has 1 saturated carbocycles. The fraction of sp³-hybridized carbons (Fsp3) is 0.577. The molecular weight excluding hydrogens is 435 g/mol. The van der Waals surface area contributed by atoms with Crippen LogP contribution in [0.4, 0.5) is 10.1 Å². The summed E-state index contributed by atoms with van der Waals surface area (Å²) in [5.41, 5.74) is 4.21. The zero-order valence-electron chi connectivity index (χ0n) is 20.3. The highest BCUT2D eigenvalue weighted by molar-refractivity contribution is 6.08. The van der Waals surface area contributed by atoms with Gasteiger partial charge in [0.15, 0.2) is 0 Å². The van der Waals surface area contributed by atoms with Gasteiger partial charge in [-0.25, -0.2) is 15.2 Å². The van der Waals surface area contributed by atoms with Crippen LogP contribution in [0.15, 0.2) is 29.3 Å². The first-order valence-electron chi connectivity index (χ1n) is 12.3. The van der Waals surface area contributed by atoms with Crippen molar-refractivity contribution in [2.45, 2.75) is 83.7 Å². The van der Waals surface area contributed by atoms with E-state index in [2.05, 4.69) is 18.7 Å². The molecule has 34 heavy (non-hydrogen) atoms. The number of allylic oxidation sites excluding steroid dienone is 2. The van der Waals surface area contributed by atoms with Crippen molar-refractivity contribution in [3.05, 3.63) is 40.7 Å². The summed E-state index contributed by atoms with van der Waals surface area (Å²) >= 11 is 0. The molecule has 1 aromatic carbocycles. The third-order valence-corrected chi connectivity index (χ3v) is 7.79. The van der Waals surface area contributed by atoms with Gasteiger partial charge in [-0.3, -0.25) is 14.4 Å². The number of piperidine rings is 1. The number of hydrazine groups is 1. The number of imide groups is 1. The molecule has 0 aromatic heterocycles. The highest BCUT2D eigenvalue weighted by Gasteiger charge is 2.43. The summed E-state index contributed by atoms with van der Waals surface area (Å²) in [6, 6.07) is 4.91. The second-order valence-electron chi connectivity index (χ2n) is 10.1. The molecule has 2 heterocycles. The lowest BCUT2D eigenvalue weighted by Crippen LogP contribution is -2.50. The van der Waals surface area contributed by atoms with Crippen LogP contribution in [-0.2, 0) is 14.4 Å². The van der Waals surface area contributed by atoms with E-state index < -0.39 is 23.5 Å². The Morgan fingerprint density at radius 3 is 2.29 bits per heavy atom. The first-order valence-corrected chi connectivity index (χ1v) is 12.3. The van der Waals surface area contributed by atoms with Gasteiger partial charge < -0.3 is 9.80 Å². The lowest BCUT2D eigenvalue weighted by Gasteiger charge is -2.42. The fourth-order valence-electron chi connectivity index (χ4n) is 5.79. The molecule has 0 spiro atoms. The molecule has 3 aliphatic rings. The predicted molar refractivity (Wildman–Crippen MR) is 128 cm³/mol. The molecule has 8 heteroatoms. The van der Waals surface area contributed by atoms with E-state index in [1.54, 1.807) is 16.5 Å². The van der Waals surface area contributed by atoms with Gasteiger partial charge in [0.2, 0.25) is 17.7 Å². The molecule has 1 aromatic rings. The van der Waals surface area contributed by atoms with E-state index in [9.17, 15) is 18.8 Å². The molecule has 3 amide bonds. The van der Waals surface area contributed by atoms with Crippen molar-refractivity contribution in [3.63, 3.8) is 0 Å². The third kappa shape index (κ3) is 4.79. The number of benzene rings is 1. The van der Waals surface area contributed by atoms with E-state index in [0.717, 1.165) is 25.9 Å². The van der Waals surface area contributed by atoms with Crippen molar-refractivity contribution in [1.82, 2.24) is 9.91 Å². The molecular formula is C26H35FN4O3. The molecule has 184 valence electrons. The SMILES string of the molecule is CC(=O)N(N)C(=O)CC1C(=O)N(C2CCN(C3CCC(=C(C)C)CC3)CC2)c2ccc(F)cc21. The number of hydrogen-bond donors (Lipinski definition) is 1. The molecule has 0 bridgehead atoms. The van der Waals surface area contributed by atoms with E-state index >= 15 is 0 Å². The van der Waals surface area contributed by atoms with Crippen LogP contribution in [-0.4, -0.2) is 52.8 Å². The Kier molecular flexibility index (Phi) is 7.19. The molecule has 7 nitrogen and oxygen atoms in total. The minimum atomic E-state index is -0.831. The molecule has 1 saturated heterocycles. The molecule has 0 radical (unpaired) electrons. The average molecular weight is 471 g/mol. The molecule has 2 aliphatic heterocycles. The van der Waals surface area contributed by atoms with Crippen molar-refractivity contribution in [2.24, 2.45) is 5.84 Å². The molecule has 1 aliphatic carbocycles. The standard InChI is InChI=1S/C26H35FN4O3/c1-16(2)18-4-7-20(8-5-18)29-12-10-21(11-13-29)30-24-9-6-19(27)14-22(24)23(26(30)34)15-25(33)31(28)17(3)32/h6,9,14,20-21,23H,4-5,7-8,10-13,15,28H2,1-3H3. The summed E-state index contributed by atoms with van der Waals surface area (Å²) in [4.78, 5) is 41.7. The maximum Gasteiger partial charge on any atom is 0.244 e. The second kappa shape index (κ2) is 9.96. The van der Waals surface area contributed by atoms with E-state index in [1.165, 1.54) is 50.3 Å². The fourth-order valence-corrected chi connectivity index (χ4v) is 5.79. The molecule has 2 fully saturated rings. The van der Waals surface area contributed by atoms with Gasteiger partial charge in [-0.2, -0.15) is 0 Å². The van der Waals surface area contributed by atoms with E-state index in [0.29, 0.717) is 22.3 Å². The zero-order valence-corrected chi connectivity index (χ0v) is 20.3. The minimum absolute atomic E-state index is 0.00628. The number of rotatable bonds is 4. The van der Waals surface area contributed by atoms with Crippen LogP contribution >= 0.6 is 0 Å². The molecule has 4 rings (SSSR count). The number of likely N-dealkylation sites (tertiary alicyclic amines) is 1. The third-order valence-electron chi connectivity index (χ3n) is 7.79. The highest BCUT2D eigenvalue weighted by Crippen LogP contribution is 2.43. The first-order chi connectivity index (χ1) is 16.2. The van der Waals surface area contributed by atoms with Gasteiger partial charge in [0, 0.05) is 44.2 Å². The normalized spacial score (nSPS) is 23.7. The molecule has 1 unspecified atom stereocenters. The number of amides is 3. The maximum absolute atomic E-state index is 14.1. The summed E-state index contributed by atoms with van der Waals surface area (Å²) in [5, 5.41) is 0.526. The average Bonchev–Trinajstić information content (AvgIpc) is 3.09. The Morgan fingerprint density at radius 1 is 1.06 bits per heavy atom. The van der Waals surface area contributed by atoms with Gasteiger partial charge in [0.1, 0.15) is 5.82 Å². The monoisotopic (exact) mass is 470 g/mol.